The average Bonchev–Trinajstić information content (AvgIpc) is 2.68. The lowest BCUT2D eigenvalue weighted by molar-refractivity contribution is 0.0946. The number of hydrogen-bond donors (Lipinski definition) is 1. The van der Waals surface area contributed by atoms with Gasteiger partial charge < -0.3 is 10.1 Å². The molecule has 0 unspecified atom stereocenters. The van der Waals surface area contributed by atoms with Crippen molar-refractivity contribution in [3.63, 3.8) is 0 Å². The maximum Gasteiger partial charge on any atom is 0.270 e. The summed E-state index contributed by atoms with van der Waals surface area (Å²) in [5.74, 6) is -0.605. The zero-order chi connectivity index (χ0) is 18.4. The molecule has 6 heteroatoms. The van der Waals surface area contributed by atoms with Gasteiger partial charge in [-0.05, 0) is 36.8 Å². The van der Waals surface area contributed by atoms with Crippen molar-refractivity contribution >= 4 is 16.9 Å². The second-order valence-electron chi connectivity index (χ2n) is 5.85. The molecule has 0 saturated carbocycles. The van der Waals surface area contributed by atoms with Crippen LogP contribution < -0.4 is 10.1 Å². The highest BCUT2D eigenvalue weighted by molar-refractivity contribution is 5.94. The van der Waals surface area contributed by atoms with E-state index < -0.39 is 5.82 Å². The van der Waals surface area contributed by atoms with Crippen LogP contribution in [0.5, 0.6) is 5.75 Å². The minimum absolute atomic E-state index is 0.0579. The van der Waals surface area contributed by atoms with Gasteiger partial charge in [-0.3, -0.25) is 9.78 Å². The van der Waals surface area contributed by atoms with Gasteiger partial charge in [-0.2, -0.15) is 0 Å². The van der Waals surface area contributed by atoms with Gasteiger partial charge in [0.25, 0.3) is 5.91 Å². The summed E-state index contributed by atoms with van der Waals surface area (Å²) in [6, 6.07) is 11.8. The molecule has 0 aliphatic carbocycles. The molecule has 0 atom stereocenters. The van der Waals surface area contributed by atoms with Crippen LogP contribution in [-0.4, -0.2) is 22.5 Å². The summed E-state index contributed by atoms with van der Waals surface area (Å²) in [7, 11) is 0. The van der Waals surface area contributed by atoms with Gasteiger partial charge in [0.15, 0.2) is 11.6 Å². The van der Waals surface area contributed by atoms with E-state index in [2.05, 4.69) is 15.3 Å². The Bertz CT molecular complexity index is 914. The van der Waals surface area contributed by atoms with Crippen molar-refractivity contribution < 1.29 is 13.9 Å². The molecule has 0 aliphatic heterocycles. The van der Waals surface area contributed by atoms with Crippen molar-refractivity contribution in [2.24, 2.45) is 0 Å². The lowest BCUT2D eigenvalue weighted by Gasteiger charge is -2.11. The SMILES string of the molecule is CCCCOc1cccc(CNC(=O)c2ccc3ncccc3n2)c1F. The van der Waals surface area contributed by atoms with E-state index in [9.17, 15) is 9.18 Å². The molecule has 0 saturated heterocycles. The Kier molecular flexibility index (Phi) is 5.73. The number of unbranched alkanes of at least 4 members (excludes halogenated alkanes) is 1. The average molecular weight is 353 g/mol. The van der Waals surface area contributed by atoms with Crippen LogP contribution in [-0.2, 0) is 6.54 Å². The Hall–Kier alpha value is -3.02. The number of rotatable bonds is 7. The van der Waals surface area contributed by atoms with E-state index in [0.717, 1.165) is 12.8 Å². The van der Waals surface area contributed by atoms with Crippen molar-refractivity contribution in [1.29, 1.82) is 0 Å². The fourth-order valence-electron chi connectivity index (χ4n) is 2.48. The Balaban J connectivity index is 1.67. The second kappa shape index (κ2) is 8.38. The molecular weight excluding hydrogens is 333 g/mol. The summed E-state index contributed by atoms with van der Waals surface area (Å²) in [4.78, 5) is 20.8. The number of halogens is 1. The summed E-state index contributed by atoms with van der Waals surface area (Å²) in [6.45, 7) is 2.57. The normalized spacial score (nSPS) is 10.7. The molecule has 2 aromatic heterocycles. The summed E-state index contributed by atoms with van der Waals surface area (Å²) < 4.78 is 19.9. The van der Waals surface area contributed by atoms with Crippen molar-refractivity contribution in [2.75, 3.05) is 6.61 Å². The van der Waals surface area contributed by atoms with Crippen LogP contribution in [0.25, 0.3) is 11.0 Å². The van der Waals surface area contributed by atoms with E-state index in [4.69, 9.17) is 4.74 Å². The molecule has 26 heavy (non-hydrogen) atoms. The molecule has 0 aliphatic rings. The molecule has 5 nitrogen and oxygen atoms in total. The van der Waals surface area contributed by atoms with Crippen LogP contribution in [0.1, 0.15) is 35.8 Å². The Morgan fingerprint density at radius 2 is 2.04 bits per heavy atom. The van der Waals surface area contributed by atoms with Gasteiger partial charge in [0.1, 0.15) is 5.69 Å². The number of hydrogen-bond acceptors (Lipinski definition) is 4. The van der Waals surface area contributed by atoms with Crippen LogP contribution in [0, 0.1) is 5.82 Å². The van der Waals surface area contributed by atoms with Gasteiger partial charge in [0.05, 0.1) is 17.6 Å². The number of carbonyl (C=O) groups excluding carboxylic acids is 1. The van der Waals surface area contributed by atoms with Crippen molar-refractivity contribution in [3.8, 4) is 5.75 Å². The number of aromatic nitrogens is 2. The molecule has 0 radical (unpaired) electrons. The van der Waals surface area contributed by atoms with Gasteiger partial charge >= 0.3 is 0 Å². The van der Waals surface area contributed by atoms with Crippen LogP contribution in [0.15, 0.2) is 48.7 Å². The standard InChI is InChI=1S/C20H20FN3O2/c1-2-3-12-26-18-8-4-6-14(19(18)21)13-23-20(25)17-10-9-15-16(24-17)7-5-11-22-15/h4-11H,2-3,12-13H2,1H3,(H,23,25). The number of amides is 1. The van der Waals surface area contributed by atoms with E-state index in [1.165, 1.54) is 0 Å². The highest BCUT2D eigenvalue weighted by Crippen LogP contribution is 2.21. The van der Waals surface area contributed by atoms with E-state index in [-0.39, 0.29) is 23.9 Å². The first kappa shape index (κ1) is 17.8. The molecule has 3 aromatic rings. The lowest BCUT2D eigenvalue weighted by Crippen LogP contribution is -2.24. The number of carbonyl (C=O) groups is 1. The van der Waals surface area contributed by atoms with Crippen molar-refractivity contribution in [2.45, 2.75) is 26.3 Å². The first-order valence-corrected chi connectivity index (χ1v) is 8.59. The van der Waals surface area contributed by atoms with E-state index in [0.29, 0.717) is 23.2 Å². The number of nitrogens with zero attached hydrogens (tertiary/aromatic N) is 2. The summed E-state index contributed by atoms with van der Waals surface area (Å²) in [5.41, 5.74) is 1.99. The van der Waals surface area contributed by atoms with E-state index >= 15 is 0 Å². The third-order valence-corrected chi connectivity index (χ3v) is 3.93. The lowest BCUT2D eigenvalue weighted by atomic mass is 10.2. The number of fused-ring (bicyclic) bond motifs is 1. The fraction of sp³-hybridized carbons (Fsp3) is 0.250. The third kappa shape index (κ3) is 4.14. The minimum atomic E-state index is -0.445. The van der Waals surface area contributed by atoms with Crippen molar-refractivity contribution in [3.05, 3.63) is 65.7 Å². The molecule has 1 amide bonds. The summed E-state index contributed by atoms with van der Waals surface area (Å²) in [5, 5.41) is 2.70. The monoisotopic (exact) mass is 353 g/mol. The zero-order valence-electron chi connectivity index (χ0n) is 14.5. The van der Waals surface area contributed by atoms with Crippen molar-refractivity contribution in [1.82, 2.24) is 15.3 Å². The van der Waals surface area contributed by atoms with E-state index in [1.54, 1.807) is 48.7 Å². The predicted octanol–water partition coefficient (Wildman–Crippen LogP) is 3.88. The highest BCUT2D eigenvalue weighted by Gasteiger charge is 2.12. The van der Waals surface area contributed by atoms with Crippen LogP contribution in [0.2, 0.25) is 0 Å². The topological polar surface area (TPSA) is 64.1 Å². The maximum atomic E-state index is 14.5. The van der Waals surface area contributed by atoms with Crippen LogP contribution in [0.3, 0.4) is 0 Å². The third-order valence-electron chi connectivity index (χ3n) is 3.93. The Morgan fingerprint density at radius 1 is 1.15 bits per heavy atom. The molecular formula is C20H20FN3O2. The molecule has 0 spiro atoms. The first-order valence-electron chi connectivity index (χ1n) is 8.59. The molecule has 1 aromatic carbocycles. The summed E-state index contributed by atoms with van der Waals surface area (Å²) >= 11 is 0. The fourth-order valence-corrected chi connectivity index (χ4v) is 2.48. The Labute approximate surface area is 151 Å². The van der Waals surface area contributed by atoms with Crippen LogP contribution >= 0.6 is 0 Å². The molecule has 1 N–H and O–H groups in total. The van der Waals surface area contributed by atoms with Gasteiger partial charge in [0.2, 0.25) is 0 Å². The zero-order valence-corrected chi connectivity index (χ0v) is 14.5. The van der Waals surface area contributed by atoms with E-state index in [1.807, 2.05) is 6.92 Å². The molecule has 0 fully saturated rings. The maximum absolute atomic E-state index is 14.5. The molecule has 3 rings (SSSR count). The molecule has 0 bridgehead atoms. The quantitative estimate of drug-likeness (QED) is 0.655. The number of nitrogens with one attached hydrogen (secondary N) is 1. The van der Waals surface area contributed by atoms with Gasteiger partial charge in [-0.15, -0.1) is 0 Å². The van der Waals surface area contributed by atoms with Gasteiger partial charge in [-0.25, -0.2) is 9.37 Å². The summed E-state index contributed by atoms with van der Waals surface area (Å²) in [6.07, 6.45) is 3.51. The number of pyridine rings is 2. The number of benzene rings is 1. The van der Waals surface area contributed by atoms with Crippen LogP contribution in [0.4, 0.5) is 4.39 Å². The van der Waals surface area contributed by atoms with Gasteiger partial charge in [-0.1, -0.05) is 25.5 Å². The highest BCUT2D eigenvalue weighted by atomic mass is 19.1. The molecule has 2 heterocycles. The second-order valence-corrected chi connectivity index (χ2v) is 5.85. The predicted molar refractivity (Wildman–Crippen MR) is 97.5 cm³/mol. The largest absolute Gasteiger partial charge is 0.491 e. The smallest absolute Gasteiger partial charge is 0.270 e. The Morgan fingerprint density at radius 3 is 2.88 bits per heavy atom. The number of ether oxygens (including phenoxy) is 1. The molecule has 134 valence electrons. The van der Waals surface area contributed by atoms with Gasteiger partial charge in [0, 0.05) is 18.3 Å². The minimum Gasteiger partial charge on any atom is -0.491 e. The first-order chi connectivity index (χ1) is 12.7.